The fourth-order valence-electron chi connectivity index (χ4n) is 2.49. The van der Waals surface area contributed by atoms with Gasteiger partial charge in [-0.1, -0.05) is 44.0 Å². The molecule has 0 amide bonds. The molecule has 1 unspecified atom stereocenters. The van der Waals surface area contributed by atoms with Gasteiger partial charge >= 0.3 is 0 Å². The summed E-state index contributed by atoms with van der Waals surface area (Å²) >= 11 is 6.93. The van der Waals surface area contributed by atoms with E-state index in [4.69, 9.17) is 4.74 Å². The van der Waals surface area contributed by atoms with Gasteiger partial charge in [0.05, 0.1) is 6.10 Å². The van der Waals surface area contributed by atoms with Gasteiger partial charge in [0.25, 0.3) is 0 Å². The summed E-state index contributed by atoms with van der Waals surface area (Å²) in [6, 6.07) is 11.9. The average Bonchev–Trinajstić information content (AvgIpc) is 2.42. The summed E-state index contributed by atoms with van der Waals surface area (Å²) in [6.07, 6.45) is -0.0273. The van der Waals surface area contributed by atoms with Crippen LogP contribution in [0.25, 0.3) is 0 Å². The molecule has 4 heteroatoms. The minimum atomic E-state index is -0.495. The van der Waals surface area contributed by atoms with Crippen LogP contribution in [0.4, 0.5) is 0 Å². The molecule has 20 heavy (non-hydrogen) atoms. The Hall–Kier alpha value is -0.840. The number of halogens is 2. The number of aryl methyl sites for hydroxylation is 1. The van der Waals surface area contributed by atoms with E-state index < -0.39 is 6.10 Å². The van der Waals surface area contributed by atoms with Crippen molar-refractivity contribution in [2.24, 2.45) is 0 Å². The van der Waals surface area contributed by atoms with E-state index in [1.54, 1.807) is 0 Å². The maximum atomic E-state index is 10.3. The van der Waals surface area contributed by atoms with Gasteiger partial charge in [0.15, 0.2) is 0 Å². The zero-order chi connectivity index (χ0) is 14.3. The van der Waals surface area contributed by atoms with E-state index in [0.29, 0.717) is 6.42 Å². The van der Waals surface area contributed by atoms with Crippen LogP contribution < -0.4 is 4.74 Å². The van der Waals surface area contributed by atoms with Crippen molar-refractivity contribution in [3.63, 3.8) is 0 Å². The van der Waals surface area contributed by atoms with E-state index in [-0.39, 0.29) is 6.10 Å². The van der Waals surface area contributed by atoms with Crippen LogP contribution in [-0.2, 0) is 0 Å². The van der Waals surface area contributed by atoms with Crippen molar-refractivity contribution in [3.05, 3.63) is 62.0 Å². The fourth-order valence-corrected chi connectivity index (χ4v) is 3.12. The van der Waals surface area contributed by atoms with Crippen LogP contribution in [0.2, 0.25) is 0 Å². The lowest BCUT2D eigenvalue weighted by molar-refractivity contribution is 0.0656. The largest absolute Gasteiger partial charge is 0.485 e. The van der Waals surface area contributed by atoms with Gasteiger partial charge in [-0.05, 0) is 42.3 Å². The van der Waals surface area contributed by atoms with Gasteiger partial charge in [-0.25, -0.2) is 0 Å². The second-order valence-electron chi connectivity index (χ2n) is 5.05. The fraction of sp³-hybridized carbons (Fsp3) is 0.250. The van der Waals surface area contributed by atoms with Gasteiger partial charge in [-0.3, -0.25) is 0 Å². The van der Waals surface area contributed by atoms with Crippen LogP contribution in [0, 0.1) is 6.92 Å². The summed E-state index contributed by atoms with van der Waals surface area (Å²) in [7, 11) is 0. The number of aliphatic hydroxyl groups excluding tert-OH is 1. The van der Waals surface area contributed by atoms with Crippen molar-refractivity contribution < 1.29 is 9.84 Å². The molecule has 2 atom stereocenters. The lowest BCUT2D eigenvalue weighted by Gasteiger charge is -2.30. The van der Waals surface area contributed by atoms with E-state index in [1.165, 1.54) is 5.56 Å². The Labute approximate surface area is 135 Å². The molecule has 1 aliphatic heterocycles. The first-order valence-corrected chi connectivity index (χ1v) is 8.03. The van der Waals surface area contributed by atoms with Gasteiger partial charge < -0.3 is 9.84 Å². The van der Waals surface area contributed by atoms with E-state index in [1.807, 2.05) is 30.3 Å². The van der Waals surface area contributed by atoms with Crippen molar-refractivity contribution >= 4 is 31.9 Å². The van der Waals surface area contributed by atoms with Crippen molar-refractivity contribution in [1.29, 1.82) is 0 Å². The molecule has 104 valence electrons. The number of rotatable bonds is 1. The van der Waals surface area contributed by atoms with Crippen LogP contribution >= 0.6 is 31.9 Å². The summed E-state index contributed by atoms with van der Waals surface area (Å²) in [4.78, 5) is 0. The first-order valence-electron chi connectivity index (χ1n) is 6.45. The maximum Gasteiger partial charge on any atom is 0.127 e. The van der Waals surface area contributed by atoms with Crippen molar-refractivity contribution in [2.45, 2.75) is 25.6 Å². The molecule has 2 nitrogen and oxygen atoms in total. The molecule has 0 aliphatic carbocycles. The molecular weight excluding hydrogens is 384 g/mol. The molecule has 2 aromatic rings. The molecule has 1 aliphatic rings. The third kappa shape index (κ3) is 2.65. The third-order valence-corrected chi connectivity index (χ3v) is 4.97. The summed E-state index contributed by atoms with van der Waals surface area (Å²) in [5.74, 6) is 0.762. The quantitative estimate of drug-likeness (QED) is 0.727. The minimum Gasteiger partial charge on any atom is -0.485 e. The smallest absolute Gasteiger partial charge is 0.127 e. The summed E-state index contributed by atoms with van der Waals surface area (Å²) < 4.78 is 8.08. The normalized spacial score (nSPS) is 21.2. The van der Waals surface area contributed by atoms with Crippen LogP contribution in [0.15, 0.2) is 45.3 Å². The number of hydrogen-bond donors (Lipinski definition) is 1. The molecule has 0 saturated heterocycles. The first kappa shape index (κ1) is 14.1. The Morgan fingerprint density at radius 2 is 1.95 bits per heavy atom. The molecule has 0 bridgehead atoms. The monoisotopic (exact) mass is 396 g/mol. The van der Waals surface area contributed by atoms with Gasteiger partial charge in [-0.15, -0.1) is 0 Å². The Bertz CT molecular complexity index is 655. The Kier molecular flexibility index (Phi) is 3.89. The third-order valence-electron chi connectivity index (χ3n) is 3.59. The van der Waals surface area contributed by atoms with Crippen LogP contribution in [0.1, 0.15) is 35.3 Å². The Balaban J connectivity index is 1.94. The topological polar surface area (TPSA) is 29.5 Å². The molecule has 0 radical (unpaired) electrons. The molecule has 1 heterocycles. The summed E-state index contributed by atoms with van der Waals surface area (Å²) in [5, 5.41) is 10.3. The molecule has 1 N–H and O–H groups in total. The predicted molar refractivity (Wildman–Crippen MR) is 86.0 cm³/mol. The van der Waals surface area contributed by atoms with Gasteiger partial charge in [-0.2, -0.15) is 0 Å². The second kappa shape index (κ2) is 5.51. The highest BCUT2D eigenvalue weighted by Gasteiger charge is 2.28. The molecule has 0 fully saturated rings. The number of aliphatic hydroxyl groups is 1. The molecule has 0 aromatic heterocycles. The van der Waals surface area contributed by atoms with Crippen molar-refractivity contribution in [1.82, 2.24) is 0 Å². The zero-order valence-electron chi connectivity index (χ0n) is 10.9. The standard InChI is InChI=1S/C16H14Br2O2/c1-9-6-10(2-4-13(9)18)16-8-14(19)12-7-11(17)3-5-15(12)20-16/h2-7,14,16,19H,8H2,1H3/t14-,16?/m0/s1. The SMILES string of the molecule is Cc1cc(C2C[C@H](O)c3cc(Br)ccc3O2)ccc1Br. The molecule has 0 spiro atoms. The molecule has 2 aromatic carbocycles. The van der Waals surface area contributed by atoms with E-state index in [9.17, 15) is 5.11 Å². The van der Waals surface area contributed by atoms with Crippen molar-refractivity contribution in [2.75, 3.05) is 0 Å². The number of benzene rings is 2. The van der Waals surface area contributed by atoms with E-state index in [2.05, 4.69) is 44.8 Å². The van der Waals surface area contributed by atoms with Gasteiger partial charge in [0.2, 0.25) is 0 Å². The molecule has 0 saturated carbocycles. The Morgan fingerprint density at radius 3 is 2.70 bits per heavy atom. The highest BCUT2D eigenvalue weighted by atomic mass is 79.9. The predicted octanol–water partition coefficient (Wildman–Crippen LogP) is 5.08. The summed E-state index contributed by atoms with van der Waals surface area (Å²) in [6.45, 7) is 2.05. The average molecular weight is 398 g/mol. The minimum absolute atomic E-state index is 0.106. The second-order valence-corrected chi connectivity index (χ2v) is 6.82. The highest BCUT2D eigenvalue weighted by molar-refractivity contribution is 9.10. The number of hydrogen-bond acceptors (Lipinski definition) is 2. The number of fused-ring (bicyclic) bond motifs is 1. The highest BCUT2D eigenvalue weighted by Crippen LogP contribution is 2.42. The Morgan fingerprint density at radius 1 is 1.15 bits per heavy atom. The summed E-state index contributed by atoms with van der Waals surface area (Å²) in [5.41, 5.74) is 3.12. The molecule has 3 rings (SSSR count). The maximum absolute atomic E-state index is 10.3. The lowest BCUT2D eigenvalue weighted by atomic mass is 9.94. The van der Waals surface area contributed by atoms with E-state index >= 15 is 0 Å². The first-order chi connectivity index (χ1) is 9.54. The van der Waals surface area contributed by atoms with Gasteiger partial charge in [0, 0.05) is 20.9 Å². The zero-order valence-corrected chi connectivity index (χ0v) is 14.1. The van der Waals surface area contributed by atoms with Crippen LogP contribution in [-0.4, -0.2) is 5.11 Å². The van der Waals surface area contributed by atoms with Gasteiger partial charge in [0.1, 0.15) is 11.9 Å². The lowest BCUT2D eigenvalue weighted by Crippen LogP contribution is -2.19. The van der Waals surface area contributed by atoms with Crippen molar-refractivity contribution in [3.8, 4) is 5.75 Å². The molecular formula is C16H14Br2O2. The number of ether oxygens (including phenoxy) is 1. The van der Waals surface area contributed by atoms with Crippen LogP contribution in [0.5, 0.6) is 5.75 Å². The van der Waals surface area contributed by atoms with Crippen LogP contribution in [0.3, 0.4) is 0 Å². The van der Waals surface area contributed by atoms with E-state index in [0.717, 1.165) is 25.8 Å².